The number of nitrogens with one attached hydrogen (secondary N) is 1. The number of aliphatic hydroxyl groups excluding tert-OH is 1. The summed E-state index contributed by atoms with van der Waals surface area (Å²) in [6.07, 6.45) is 3.18. The van der Waals surface area contributed by atoms with Crippen molar-refractivity contribution in [3.05, 3.63) is 65.7 Å². The fraction of sp³-hybridized carbons (Fsp3) is 0.350. The lowest BCUT2D eigenvalue weighted by molar-refractivity contribution is -0.134. The van der Waals surface area contributed by atoms with Crippen LogP contribution in [0.3, 0.4) is 0 Å². The van der Waals surface area contributed by atoms with Gasteiger partial charge in [-0.25, -0.2) is 4.39 Å². The first-order valence-corrected chi connectivity index (χ1v) is 8.94. The molecule has 1 aliphatic heterocycles. The van der Waals surface area contributed by atoms with E-state index in [9.17, 15) is 19.1 Å². The zero-order valence-corrected chi connectivity index (χ0v) is 14.8. The van der Waals surface area contributed by atoms with Crippen LogP contribution in [0.5, 0.6) is 0 Å². The van der Waals surface area contributed by atoms with Gasteiger partial charge in [0.25, 0.3) is 5.91 Å². The van der Waals surface area contributed by atoms with Crippen LogP contribution in [0.4, 0.5) is 4.39 Å². The maximum atomic E-state index is 13.6. The van der Waals surface area contributed by atoms with E-state index in [1.165, 1.54) is 18.5 Å². The molecule has 1 aliphatic rings. The Bertz CT molecular complexity index is 800. The summed E-state index contributed by atoms with van der Waals surface area (Å²) >= 11 is 0. The van der Waals surface area contributed by atoms with Crippen LogP contribution in [0.15, 0.2) is 48.8 Å². The van der Waals surface area contributed by atoms with Gasteiger partial charge in [-0.2, -0.15) is 0 Å². The number of pyridine rings is 1. The van der Waals surface area contributed by atoms with E-state index >= 15 is 0 Å². The molecule has 27 heavy (non-hydrogen) atoms. The van der Waals surface area contributed by atoms with Gasteiger partial charge in [0.2, 0.25) is 5.91 Å². The van der Waals surface area contributed by atoms with Crippen LogP contribution in [-0.2, 0) is 11.2 Å². The maximum absolute atomic E-state index is 13.6. The molecule has 6 nitrogen and oxygen atoms in total. The highest BCUT2D eigenvalue weighted by molar-refractivity contribution is 5.94. The molecule has 0 radical (unpaired) electrons. The summed E-state index contributed by atoms with van der Waals surface area (Å²) in [6, 6.07) is 9.18. The van der Waals surface area contributed by atoms with Crippen LogP contribution in [-0.4, -0.2) is 52.0 Å². The summed E-state index contributed by atoms with van der Waals surface area (Å²) < 4.78 is 13.6. The lowest BCUT2D eigenvalue weighted by Crippen LogP contribution is -2.55. The Morgan fingerprint density at radius 3 is 2.67 bits per heavy atom. The van der Waals surface area contributed by atoms with Crippen molar-refractivity contribution in [3.8, 4) is 0 Å². The van der Waals surface area contributed by atoms with Crippen LogP contribution < -0.4 is 5.32 Å². The first-order chi connectivity index (χ1) is 13.0. The van der Waals surface area contributed by atoms with E-state index < -0.39 is 12.1 Å². The van der Waals surface area contributed by atoms with Gasteiger partial charge in [-0.15, -0.1) is 0 Å². The van der Waals surface area contributed by atoms with Crippen molar-refractivity contribution in [2.75, 3.05) is 13.1 Å². The molecule has 2 N–H and O–H groups in total. The van der Waals surface area contributed by atoms with Crippen LogP contribution in [0.1, 0.15) is 28.8 Å². The molecule has 1 aromatic carbocycles. The van der Waals surface area contributed by atoms with Crippen molar-refractivity contribution in [3.63, 3.8) is 0 Å². The molecule has 0 saturated carbocycles. The Morgan fingerprint density at radius 1 is 1.22 bits per heavy atom. The highest BCUT2D eigenvalue weighted by Gasteiger charge is 2.31. The number of nitrogens with zero attached hydrogens (tertiary/aromatic N) is 2. The van der Waals surface area contributed by atoms with Crippen molar-refractivity contribution >= 4 is 11.8 Å². The molecule has 0 aliphatic carbocycles. The van der Waals surface area contributed by atoms with E-state index in [2.05, 4.69) is 10.3 Å². The lowest BCUT2D eigenvalue weighted by atomic mass is 10.0. The molecule has 0 spiro atoms. The number of carbonyl (C=O) groups excluding carboxylic acids is 2. The fourth-order valence-corrected chi connectivity index (χ4v) is 3.18. The molecule has 142 valence electrons. The molecule has 2 aromatic rings. The van der Waals surface area contributed by atoms with E-state index in [0.29, 0.717) is 30.5 Å². The van der Waals surface area contributed by atoms with Crippen molar-refractivity contribution in [1.82, 2.24) is 15.2 Å². The molecule has 1 fully saturated rings. The highest BCUT2D eigenvalue weighted by atomic mass is 19.1. The number of halogens is 1. The van der Waals surface area contributed by atoms with E-state index in [-0.39, 0.29) is 30.6 Å². The minimum absolute atomic E-state index is 0.129. The van der Waals surface area contributed by atoms with Gasteiger partial charge in [0, 0.05) is 37.5 Å². The number of hydrogen-bond acceptors (Lipinski definition) is 4. The normalized spacial score (nSPS) is 19.6. The number of hydrogen-bond donors (Lipinski definition) is 2. The van der Waals surface area contributed by atoms with Gasteiger partial charge >= 0.3 is 0 Å². The second kappa shape index (κ2) is 8.73. The Kier molecular flexibility index (Phi) is 6.13. The summed E-state index contributed by atoms with van der Waals surface area (Å²) in [7, 11) is 0. The van der Waals surface area contributed by atoms with Crippen LogP contribution in [0, 0.1) is 5.82 Å². The van der Waals surface area contributed by atoms with Gasteiger partial charge in [0.1, 0.15) is 5.82 Å². The van der Waals surface area contributed by atoms with E-state index in [4.69, 9.17) is 0 Å². The average molecular weight is 371 g/mol. The Hall–Kier alpha value is -2.80. The predicted octanol–water partition coefficient (Wildman–Crippen LogP) is 1.55. The highest BCUT2D eigenvalue weighted by Crippen LogP contribution is 2.15. The number of benzene rings is 1. The van der Waals surface area contributed by atoms with Crippen LogP contribution in [0.25, 0.3) is 0 Å². The van der Waals surface area contributed by atoms with Gasteiger partial charge in [0.05, 0.1) is 12.1 Å². The number of amides is 2. The molecule has 2 atom stereocenters. The molecule has 1 aromatic heterocycles. The van der Waals surface area contributed by atoms with Crippen molar-refractivity contribution in [1.29, 1.82) is 0 Å². The Morgan fingerprint density at radius 2 is 1.96 bits per heavy atom. The molecule has 7 heteroatoms. The van der Waals surface area contributed by atoms with E-state index in [1.54, 1.807) is 35.2 Å². The molecule has 2 unspecified atom stereocenters. The van der Waals surface area contributed by atoms with Gasteiger partial charge < -0.3 is 15.3 Å². The van der Waals surface area contributed by atoms with Gasteiger partial charge in [-0.1, -0.05) is 18.2 Å². The van der Waals surface area contributed by atoms with Gasteiger partial charge in [-0.05, 0) is 36.6 Å². The summed E-state index contributed by atoms with van der Waals surface area (Å²) in [6.45, 7) is 0.589. The third kappa shape index (κ3) is 4.89. The minimum atomic E-state index is -0.845. The van der Waals surface area contributed by atoms with Crippen molar-refractivity contribution in [2.24, 2.45) is 0 Å². The number of likely N-dealkylation sites (tertiary alicyclic amines) is 1. The number of carbonyl (C=O) groups is 2. The van der Waals surface area contributed by atoms with Crippen molar-refractivity contribution < 1.29 is 19.1 Å². The molecule has 1 saturated heterocycles. The second-order valence-electron chi connectivity index (χ2n) is 6.60. The summed E-state index contributed by atoms with van der Waals surface area (Å²) in [4.78, 5) is 30.0. The quantitative estimate of drug-likeness (QED) is 0.835. The average Bonchev–Trinajstić information content (AvgIpc) is 2.69. The molecule has 0 bridgehead atoms. The van der Waals surface area contributed by atoms with Crippen molar-refractivity contribution in [2.45, 2.75) is 31.4 Å². The SMILES string of the molecule is O=C(NC1CCN(C(=O)CCc2ccccc2F)CC1O)c1ccncc1. The zero-order valence-electron chi connectivity index (χ0n) is 14.8. The topological polar surface area (TPSA) is 82.5 Å². The van der Waals surface area contributed by atoms with Crippen LogP contribution in [0.2, 0.25) is 0 Å². The smallest absolute Gasteiger partial charge is 0.251 e. The number of β-amino-alcohol motifs (C(OH)–C–C–N with tert-alkyl or cyclic N) is 1. The molecule has 3 rings (SSSR count). The molecular formula is C20H22FN3O3. The molecule has 2 amide bonds. The second-order valence-corrected chi connectivity index (χ2v) is 6.60. The number of rotatable bonds is 5. The first kappa shape index (κ1) is 19.0. The number of aliphatic hydroxyl groups is 1. The largest absolute Gasteiger partial charge is 0.389 e. The van der Waals surface area contributed by atoms with Gasteiger partial charge in [-0.3, -0.25) is 14.6 Å². The number of aryl methyl sites for hydroxylation is 1. The van der Waals surface area contributed by atoms with E-state index in [1.807, 2.05) is 0 Å². The zero-order chi connectivity index (χ0) is 19.2. The van der Waals surface area contributed by atoms with E-state index in [0.717, 1.165) is 0 Å². The monoisotopic (exact) mass is 371 g/mol. The fourth-order valence-electron chi connectivity index (χ4n) is 3.18. The lowest BCUT2D eigenvalue weighted by Gasteiger charge is -2.36. The summed E-state index contributed by atoms with van der Waals surface area (Å²) in [5, 5.41) is 13.1. The molecular weight excluding hydrogens is 349 g/mol. The molecule has 2 heterocycles. The van der Waals surface area contributed by atoms with Crippen LogP contribution >= 0.6 is 0 Å². The summed E-state index contributed by atoms with van der Waals surface area (Å²) in [5.41, 5.74) is 0.978. The predicted molar refractivity (Wildman–Crippen MR) is 97.4 cm³/mol. The summed E-state index contributed by atoms with van der Waals surface area (Å²) in [5.74, 6) is -0.722. The standard InChI is InChI=1S/C20H22FN3O3/c21-16-4-2-1-3-14(16)5-6-19(26)24-12-9-17(18(25)13-24)23-20(27)15-7-10-22-11-8-15/h1-4,7-8,10-11,17-18,25H,5-6,9,12-13H2,(H,23,27). The number of piperidine rings is 1. The Balaban J connectivity index is 1.50. The minimum Gasteiger partial charge on any atom is -0.389 e. The maximum Gasteiger partial charge on any atom is 0.251 e. The number of aromatic nitrogens is 1. The third-order valence-electron chi connectivity index (χ3n) is 4.76. The first-order valence-electron chi connectivity index (χ1n) is 8.94. The Labute approximate surface area is 157 Å². The third-order valence-corrected chi connectivity index (χ3v) is 4.76. The van der Waals surface area contributed by atoms with Gasteiger partial charge in [0.15, 0.2) is 0 Å².